The van der Waals surface area contributed by atoms with Crippen LogP contribution in [0.4, 0.5) is 0 Å². The van der Waals surface area contributed by atoms with Crippen LogP contribution in [0.3, 0.4) is 0 Å². The van der Waals surface area contributed by atoms with Crippen molar-refractivity contribution in [3.05, 3.63) is 22.5 Å². The van der Waals surface area contributed by atoms with E-state index in [0.29, 0.717) is 0 Å². The molecule has 0 bridgehead atoms. The van der Waals surface area contributed by atoms with Crippen LogP contribution in [0.25, 0.3) is 10.6 Å². The second-order valence-corrected chi connectivity index (χ2v) is 5.47. The van der Waals surface area contributed by atoms with Crippen molar-refractivity contribution in [2.75, 3.05) is 6.26 Å². The molecule has 2 aromatic heterocycles. The summed E-state index contributed by atoms with van der Waals surface area (Å²) < 4.78 is 1.36. The molecule has 4 heteroatoms. The number of rotatable bonds is 2. The van der Waals surface area contributed by atoms with Gasteiger partial charge in [0.25, 0.3) is 0 Å². The highest BCUT2D eigenvalue weighted by molar-refractivity contribution is 8.00. The molecule has 0 saturated heterocycles. The van der Waals surface area contributed by atoms with Gasteiger partial charge >= 0.3 is 0 Å². The number of thiophene rings is 1. The van der Waals surface area contributed by atoms with Crippen LogP contribution in [0, 0.1) is 6.92 Å². The molecule has 0 aromatic carbocycles. The maximum atomic E-state index is 4.47. The molecule has 0 saturated carbocycles. The van der Waals surface area contributed by atoms with E-state index in [-0.39, 0.29) is 0 Å². The first-order valence-corrected chi connectivity index (χ1v) is 6.83. The molecule has 1 nitrogen and oxygen atoms in total. The van der Waals surface area contributed by atoms with Gasteiger partial charge in [-0.2, -0.15) is 0 Å². The molecule has 0 aliphatic rings. The van der Waals surface area contributed by atoms with E-state index in [1.807, 2.05) is 6.92 Å². The smallest absolute Gasteiger partial charge is 0.125 e. The van der Waals surface area contributed by atoms with Crippen LogP contribution in [-0.2, 0) is 0 Å². The molecule has 2 heterocycles. The van der Waals surface area contributed by atoms with Gasteiger partial charge < -0.3 is 0 Å². The Labute approximate surface area is 89.8 Å². The number of hydrogen-bond donors (Lipinski definition) is 0. The first-order chi connectivity index (χ1) is 6.31. The molecule has 0 aliphatic heterocycles. The molecule has 0 amide bonds. The molecule has 2 aromatic rings. The average molecular weight is 227 g/mol. The second-order valence-electron chi connectivity index (χ2n) is 2.62. The minimum absolute atomic E-state index is 1.11. The first-order valence-electron chi connectivity index (χ1n) is 3.85. The van der Waals surface area contributed by atoms with Crippen molar-refractivity contribution in [2.45, 2.75) is 11.1 Å². The van der Waals surface area contributed by atoms with E-state index in [9.17, 15) is 0 Å². The normalized spacial score (nSPS) is 10.6. The van der Waals surface area contributed by atoms with E-state index in [1.54, 1.807) is 34.4 Å². The van der Waals surface area contributed by atoms with E-state index in [1.165, 1.54) is 9.77 Å². The molecule has 68 valence electrons. The summed E-state index contributed by atoms with van der Waals surface area (Å²) in [5.41, 5.74) is 2.40. The van der Waals surface area contributed by atoms with Crippen molar-refractivity contribution >= 4 is 34.4 Å². The van der Waals surface area contributed by atoms with E-state index in [2.05, 4.69) is 28.1 Å². The molecule has 13 heavy (non-hydrogen) atoms. The number of thioether (sulfide) groups is 1. The lowest BCUT2D eigenvalue weighted by Crippen LogP contribution is -1.74. The fraction of sp³-hybridized carbons (Fsp3) is 0.222. The topological polar surface area (TPSA) is 12.9 Å². The van der Waals surface area contributed by atoms with Crippen molar-refractivity contribution < 1.29 is 0 Å². The Balaban J connectivity index is 2.45. The van der Waals surface area contributed by atoms with Crippen molar-refractivity contribution in [3.8, 4) is 10.6 Å². The number of aromatic nitrogens is 1. The van der Waals surface area contributed by atoms with Gasteiger partial charge in [-0.15, -0.1) is 34.4 Å². The van der Waals surface area contributed by atoms with Crippen LogP contribution in [-0.4, -0.2) is 11.2 Å². The maximum Gasteiger partial charge on any atom is 0.125 e. The Morgan fingerprint density at radius 2 is 2.23 bits per heavy atom. The third kappa shape index (κ3) is 1.80. The summed E-state index contributed by atoms with van der Waals surface area (Å²) in [6, 6.07) is 2.15. The summed E-state index contributed by atoms with van der Waals surface area (Å²) >= 11 is 5.29. The highest BCUT2D eigenvalue weighted by Crippen LogP contribution is 2.36. The lowest BCUT2D eigenvalue weighted by Gasteiger charge is -1.94. The summed E-state index contributed by atoms with van der Waals surface area (Å²) in [7, 11) is 0. The molecule has 0 radical (unpaired) electrons. The lowest BCUT2D eigenvalue weighted by molar-refractivity contribution is 1.27. The monoisotopic (exact) mass is 227 g/mol. The van der Waals surface area contributed by atoms with Gasteiger partial charge in [0, 0.05) is 16.6 Å². The van der Waals surface area contributed by atoms with Gasteiger partial charge in [0.15, 0.2) is 0 Å². The summed E-state index contributed by atoms with van der Waals surface area (Å²) in [4.78, 5) is 4.47. The standard InChI is InChI=1S/C9H9NS3/c1-6-5-13-8(10-6)7-3-4-12-9(7)11-2/h3-5H,1-2H3. The fourth-order valence-electron chi connectivity index (χ4n) is 1.09. The zero-order chi connectivity index (χ0) is 9.26. The molecule has 0 aliphatic carbocycles. The number of aryl methyl sites for hydroxylation is 1. The van der Waals surface area contributed by atoms with E-state index in [0.717, 1.165) is 10.7 Å². The molecule has 2 rings (SSSR count). The van der Waals surface area contributed by atoms with Gasteiger partial charge in [-0.3, -0.25) is 0 Å². The van der Waals surface area contributed by atoms with Gasteiger partial charge in [0.2, 0.25) is 0 Å². The SMILES string of the molecule is CSc1sccc1-c1nc(C)cs1. The van der Waals surface area contributed by atoms with Crippen LogP contribution in [0.15, 0.2) is 21.0 Å². The van der Waals surface area contributed by atoms with Crippen LogP contribution in [0.5, 0.6) is 0 Å². The molecule has 0 unspecified atom stereocenters. The number of nitrogens with zero attached hydrogens (tertiary/aromatic N) is 1. The van der Waals surface area contributed by atoms with Gasteiger partial charge in [0.1, 0.15) is 5.01 Å². The number of hydrogen-bond acceptors (Lipinski definition) is 4. The molecule has 0 spiro atoms. The van der Waals surface area contributed by atoms with Crippen LogP contribution < -0.4 is 0 Å². The van der Waals surface area contributed by atoms with Crippen LogP contribution >= 0.6 is 34.4 Å². The molecule has 0 fully saturated rings. The third-order valence-electron chi connectivity index (χ3n) is 1.66. The second kappa shape index (κ2) is 3.82. The zero-order valence-corrected chi connectivity index (χ0v) is 9.85. The summed E-state index contributed by atoms with van der Waals surface area (Å²) in [5.74, 6) is 0. The van der Waals surface area contributed by atoms with Crippen molar-refractivity contribution in [3.63, 3.8) is 0 Å². The minimum Gasteiger partial charge on any atom is -0.241 e. The Morgan fingerprint density at radius 1 is 1.38 bits per heavy atom. The predicted octanol–water partition coefficient (Wildman–Crippen LogP) is 3.90. The van der Waals surface area contributed by atoms with E-state index >= 15 is 0 Å². The molecular weight excluding hydrogens is 218 g/mol. The van der Waals surface area contributed by atoms with Crippen molar-refractivity contribution in [2.24, 2.45) is 0 Å². The number of thiazole rings is 1. The highest BCUT2D eigenvalue weighted by atomic mass is 32.2. The first kappa shape index (κ1) is 9.24. The minimum atomic E-state index is 1.11. The zero-order valence-electron chi connectivity index (χ0n) is 7.40. The van der Waals surface area contributed by atoms with Crippen molar-refractivity contribution in [1.82, 2.24) is 4.98 Å². The van der Waals surface area contributed by atoms with E-state index in [4.69, 9.17) is 0 Å². The fourth-order valence-corrected chi connectivity index (χ4v) is 3.60. The highest BCUT2D eigenvalue weighted by Gasteiger charge is 2.08. The largest absolute Gasteiger partial charge is 0.241 e. The lowest BCUT2D eigenvalue weighted by atomic mass is 10.3. The Hall–Kier alpha value is -0.320. The van der Waals surface area contributed by atoms with E-state index < -0.39 is 0 Å². The van der Waals surface area contributed by atoms with Gasteiger partial charge in [0.05, 0.1) is 4.21 Å². The average Bonchev–Trinajstić information content (AvgIpc) is 2.71. The van der Waals surface area contributed by atoms with Gasteiger partial charge in [-0.25, -0.2) is 4.98 Å². The molecule has 0 atom stereocenters. The summed E-state index contributed by atoms with van der Waals surface area (Å²) in [6.45, 7) is 2.03. The molecular formula is C9H9NS3. The van der Waals surface area contributed by atoms with Crippen LogP contribution in [0.1, 0.15) is 5.69 Å². The van der Waals surface area contributed by atoms with Gasteiger partial charge in [-0.05, 0) is 24.6 Å². The Bertz CT molecular complexity index is 402. The molecule has 0 N–H and O–H groups in total. The maximum absolute atomic E-state index is 4.47. The van der Waals surface area contributed by atoms with Crippen LogP contribution in [0.2, 0.25) is 0 Å². The van der Waals surface area contributed by atoms with Gasteiger partial charge in [-0.1, -0.05) is 0 Å². The summed E-state index contributed by atoms with van der Waals surface area (Å²) in [6.07, 6.45) is 2.11. The Kier molecular flexibility index (Phi) is 2.71. The van der Waals surface area contributed by atoms with Crippen molar-refractivity contribution in [1.29, 1.82) is 0 Å². The third-order valence-corrected chi connectivity index (χ3v) is 4.74. The Morgan fingerprint density at radius 3 is 2.85 bits per heavy atom. The summed E-state index contributed by atoms with van der Waals surface area (Å²) in [5, 5.41) is 5.36. The quantitative estimate of drug-likeness (QED) is 0.722. The predicted molar refractivity (Wildman–Crippen MR) is 61.9 cm³/mol.